The van der Waals surface area contributed by atoms with Crippen LogP contribution in [0.2, 0.25) is 0 Å². The number of hydrogen-bond donors (Lipinski definition) is 4. The highest BCUT2D eigenvalue weighted by Gasteiger charge is 2.28. The number of H-pyrrole nitrogens is 2. The molecule has 9 heteroatoms. The number of aliphatic hydroxyl groups excluding tert-OH is 1. The molecule has 20 heavy (non-hydrogen) atoms. The summed E-state index contributed by atoms with van der Waals surface area (Å²) in [5.74, 6) is -4.05. The molecule has 1 aromatic heterocycles. The Kier molecular flexibility index (Phi) is 5.14. The third kappa shape index (κ3) is 4.57. The predicted octanol–water partition coefficient (Wildman–Crippen LogP) is -0.952. The number of aliphatic hydroxyl groups is 1. The molecule has 1 aromatic rings. The van der Waals surface area contributed by atoms with Gasteiger partial charge in [-0.25, -0.2) is 13.6 Å². The van der Waals surface area contributed by atoms with Crippen LogP contribution in [0.3, 0.4) is 0 Å². The van der Waals surface area contributed by atoms with Crippen molar-refractivity contribution < 1.29 is 18.7 Å². The van der Waals surface area contributed by atoms with Gasteiger partial charge in [-0.2, -0.15) is 0 Å². The van der Waals surface area contributed by atoms with Crippen LogP contribution in [-0.2, 0) is 11.2 Å². The smallest absolute Gasteiger partial charge is 0.325 e. The third-order valence-electron chi connectivity index (χ3n) is 2.63. The fourth-order valence-electron chi connectivity index (χ4n) is 1.54. The van der Waals surface area contributed by atoms with Crippen LogP contribution < -0.4 is 16.6 Å². The number of carbonyl (C=O) groups excluding carboxylic acids is 1. The fraction of sp³-hybridized carbons (Fsp3) is 0.545. The number of nitrogens with one attached hydrogen (secondary N) is 3. The molecule has 0 radical (unpaired) electrons. The van der Waals surface area contributed by atoms with E-state index in [1.807, 2.05) is 10.3 Å². The number of aryl methyl sites for hydroxylation is 1. The van der Waals surface area contributed by atoms with Crippen molar-refractivity contribution in [3.05, 3.63) is 32.1 Å². The van der Waals surface area contributed by atoms with Crippen LogP contribution in [0.1, 0.15) is 17.7 Å². The Morgan fingerprint density at radius 3 is 2.55 bits per heavy atom. The van der Waals surface area contributed by atoms with Gasteiger partial charge in [0.2, 0.25) is 5.91 Å². The number of aromatic amines is 2. The summed E-state index contributed by atoms with van der Waals surface area (Å²) in [6, 6.07) is 0. The number of aromatic nitrogens is 2. The molecule has 0 bridgehead atoms. The highest BCUT2D eigenvalue weighted by molar-refractivity contribution is 5.76. The van der Waals surface area contributed by atoms with Crippen molar-refractivity contribution >= 4 is 5.91 Å². The molecule has 0 atom stereocenters. The molecule has 1 amide bonds. The Labute approximate surface area is 112 Å². The number of rotatable bonds is 6. The highest BCUT2D eigenvalue weighted by Crippen LogP contribution is 2.09. The van der Waals surface area contributed by atoms with E-state index in [9.17, 15) is 23.2 Å². The Morgan fingerprint density at radius 1 is 1.35 bits per heavy atom. The average molecular weight is 291 g/mol. The molecule has 0 aromatic carbocycles. The van der Waals surface area contributed by atoms with Gasteiger partial charge in [0.1, 0.15) is 6.61 Å². The molecule has 7 nitrogen and oxygen atoms in total. The number of hydrogen-bond acceptors (Lipinski definition) is 4. The fourth-order valence-corrected chi connectivity index (χ4v) is 1.54. The van der Waals surface area contributed by atoms with Gasteiger partial charge in [0.15, 0.2) is 0 Å². The lowest BCUT2D eigenvalue weighted by atomic mass is 10.1. The summed E-state index contributed by atoms with van der Waals surface area (Å²) in [4.78, 5) is 38.2. The Morgan fingerprint density at radius 2 is 2.00 bits per heavy atom. The van der Waals surface area contributed by atoms with Gasteiger partial charge in [0.25, 0.3) is 11.5 Å². The maximum absolute atomic E-state index is 12.7. The zero-order valence-corrected chi connectivity index (χ0v) is 10.8. The summed E-state index contributed by atoms with van der Waals surface area (Å²) in [6.07, 6.45) is -0.175. The van der Waals surface area contributed by atoms with Crippen molar-refractivity contribution in [2.45, 2.75) is 25.7 Å². The van der Waals surface area contributed by atoms with Crippen molar-refractivity contribution in [3.8, 4) is 0 Å². The topological polar surface area (TPSA) is 115 Å². The zero-order valence-electron chi connectivity index (χ0n) is 10.8. The van der Waals surface area contributed by atoms with E-state index in [2.05, 4.69) is 4.98 Å². The molecular formula is C11H15F2N3O4. The Bertz CT molecular complexity index is 594. The van der Waals surface area contributed by atoms with Crippen molar-refractivity contribution in [3.63, 3.8) is 0 Å². The van der Waals surface area contributed by atoms with Crippen LogP contribution in [0.4, 0.5) is 8.78 Å². The molecule has 0 saturated heterocycles. The first-order valence-corrected chi connectivity index (χ1v) is 5.82. The lowest BCUT2D eigenvalue weighted by molar-refractivity contribution is -0.124. The summed E-state index contributed by atoms with van der Waals surface area (Å²) in [6.45, 7) is -0.820. The first kappa shape index (κ1) is 16.0. The SMILES string of the molecule is Cc1[nH]c(=O)[nH]c(=O)c1CCC(=O)NCC(F)(F)CO. The van der Waals surface area contributed by atoms with Crippen molar-refractivity contribution in [1.82, 2.24) is 15.3 Å². The van der Waals surface area contributed by atoms with E-state index < -0.39 is 36.2 Å². The van der Waals surface area contributed by atoms with Crippen LogP contribution in [0, 0.1) is 6.92 Å². The first-order valence-electron chi connectivity index (χ1n) is 5.82. The zero-order chi connectivity index (χ0) is 15.3. The van der Waals surface area contributed by atoms with Crippen LogP contribution in [-0.4, -0.2) is 40.1 Å². The van der Waals surface area contributed by atoms with Gasteiger partial charge in [-0.15, -0.1) is 0 Å². The molecule has 0 aliphatic heterocycles. The van der Waals surface area contributed by atoms with Gasteiger partial charge in [-0.3, -0.25) is 14.6 Å². The number of halogens is 2. The molecule has 0 spiro atoms. The Balaban J connectivity index is 2.58. The van der Waals surface area contributed by atoms with Gasteiger partial charge in [-0.05, 0) is 13.3 Å². The van der Waals surface area contributed by atoms with Crippen molar-refractivity contribution in [1.29, 1.82) is 0 Å². The standard InChI is InChI=1S/C11H15F2N3O4/c1-6-7(9(19)16-10(20)15-6)2-3-8(18)14-4-11(12,13)5-17/h17H,2-5H2,1H3,(H,14,18)(H2,15,16,19,20). The van der Waals surface area contributed by atoms with E-state index in [-0.39, 0.29) is 18.4 Å². The normalized spacial score (nSPS) is 11.4. The van der Waals surface area contributed by atoms with Crippen LogP contribution >= 0.6 is 0 Å². The molecule has 0 aliphatic carbocycles. The molecular weight excluding hydrogens is 276 g/mol. The van der Waals surface area contributed by atoms with Crippen LogP contribution in [0.5, 0.6) is 0 Å². The van der Waals surface area contributed by atoms with E-state index in [0.29, 0.717) is 5.69 Å². The lowest BCUT2D eigenvalue weighted by Gasteiger charge is -2.13. The lowest BCUT2D eigenvalue weighted by Crippen LogP contribution is -2.39. The number of amides is 1. The van der Waals surface area contributed by atoms with Crippen molar-refractivity contribution in [2.24, 2.45) is 0 Å². The highest BCUT2D eigenvalue weighted by atomic mass is 19.3. The van der Waals surface area contributed by atoms with Gasteiger partial charge in [0.05, 0.1) is 6.54 Å². The quantitative estimate of drug-likeness (QED) is 0.541. The average Bonchev–Trinajstić information content (AvgIpc) is 2.35. The van der Waals surface area contributed by atoms with E-state index in [0.717, 1.165) is 0 Å². The summed E-state index contributed by atoms with van der Waals surface area (Å²) in [5, 5.41) is 10.3. The second-order valence-electron chi connectivity index (χ2n) is 4.30. The third-order valence-corrected chi connectivity index (χ3v) is 2.63. The van der Waals surface area contributed by atoms with E-state index >= 15 is 0 Å². The van der Waals surface area contributed by atoms with Crippen molar-refractivity contribution in [2.75, 3.05) is 13.2 Å². The van der Waals surface area contributed by atoms with E-state index in [1.54, 1.807) is 0 Å². The van der Waals surface area contributed by atoms with Crippen LogP contribution in [0.15, 0.2) is 9.59 Å². The molecule has 0 unspecified atom stereocenters. The number of alkyl halides is 2. The molecule has 0 aliphatic rings. The maximum atomic E-state index is 12.7. The van der Waals surface area contributed by atoms with Gasteiger partial charge in [0, 0.05) is 17.7 Å². The molecule has 1 heterocycles. The molecule has 1 rings (SSSR count). The predicted molar refractivity (Wildman–Crippen MR) is 65.8 cm³/mol. The Hall–Kier alpha value is -2.03. The molecule has 0 fully saturated rings. The van der Waals surface area contributed by atoms with Gasteiger partial charge in [-0.1, -0.05) is 0 Å². The summed E-state index contributed by atoms with van der Waals surface area (Å²) in [5.41, 5.74) is -0.719. The second-order valence-corrected chi connectivity index (χ2v) is 4.30. The summed E-state index contributed by atoms with van der Waals surface area (Å²) < 4.78 is 25.4. The minimum atomic E-state index is -3.37. The minimum Gasteiger partial charge on any atom is -0.390 e. The van der Waals surface area contributed by atoms with Gasteiger partial charge >= 0.3 is 5.69 Å². The maximum Gasteiger partial charge on any atom is 0.325 e. The minimum absolute atomic E-state index is 0.00841. The largest absolute Gasteiger partial charge is 0.390 e. The van der Waals surface area contributed by atoms with Crippen LogP contribution in [0.25, 0.3) is 0 Å². The van der Waals surface area contributed by atoms with E-state index in [1.165, 1.54) is 6.92 Å². The summed E-state index contributed by atoms with van der Waals surface area (Å²) in [7, 11) is 0. The van der Waals surface area contributed by atoms with E-state index in [4.69, 9.17) is 5.11 Å². The molecule has 4 N–H and O–H groups in total. The summed E-state index contributed by atoms with van der Waals surface area (Å²) >= 11 is 0. The molecule has 112 valence electrons. The monoisotopic (exact) mass is 291 g/mol. The number of carbonyl (C=O) groups is 1. The van der Waals surface area contributed by atoms with Gasteiger partial charge < -0.3 is 15.4 Å². The first-order chi connectivity index (χ1) is 9.25. The second kappa shape index (κ2) is 6.42. The molecule has 0 saturated carbocycles.